The standard InChI is InChI=1S/C16H22/c1-8-9-14(6)10-15(7)11-16(12(2)3)13(4)5/h8-11H,2,4,6H2,1,3,5,7H3. The topological polar surface area (TPSA) is 0 Å². The van der Waals surface area contributed by atoms with E-state index in [1.807, 2.05) is 39.0 Å². The molecule has 0 saturated carbocycles. The maximum Gasteiger partial charge on any atom is -0.0207 e. The predicted molar refractivity (Wildman–Crippen MR) is 75.4 cm³/mol. The monoisotopic (exact) mass is 214 g/mol. The van der Waals surface area contributed by atoms with Crippen LogP contribution in [0, 0.1) is 0 Å². The van der Waals surface area contributed by atoms with Gasteiger partial charge in [0.15, 0.2) is 0 Å². The van der Waals surface area contributed by atoms with Crippen molar-refractivity contribution in [3.63, 3.8) is 0 Å². The van der Waals surface area contributed by atoms with Crippen LogP contribution < -0.4 is 0 Å². The highest BCUT2D eigenvalue weighted by atomic mass is 14.0. The Morgan fingerprint density at radius 3 is 1.75 bits per heavy atom. The summed E-state index contributed by atoms with van der Waals surface area (Å²) in [5.74, 6) is 0. The van der Waals surface area contributed by atoms with Gasteiger partial charge in [-0.3, -0.25) is 0 Å². The first-order chi connectivity index (χ1) is 7.38. The average molecular weight is 214 g/mol. The summed E-state index contributed by atoms with van der Waals surface area (Å²) in [7, 11) is 0. The van der Waals surface area contributed by atoms with E-state index < -0.39 is 0 Å². The Morgan fingerprint density at radius 2 is 1.38 bits per heavy atom. The molecular formula is C16H22. The molecule has 0 aliphatic heterocycles. The lowest BCUT2D eigenvalue weighted by atomic mass is 9.99. The summed E-state index contributed by atoms with van der Waals surface area (Å²) < 4.78 is 0. The second kappa shape index (κ2) is 6.84. The molecule has 0 spiro atoms. The Hall–Kier alpha value is -1.56. The fourth-order valence-corrected chi connectivity index (χ4v) is 1.43. The van der Waals surface area contributed by atoms with Gasteiger partial charge in [0.2, 0.25) is 0 Å². The van der Waals surface area contributed by atoms with E-state index in [0.29, 0.717) is 0 Å². The van der Waals surface area contributed by atoms with E-state index in [1.165, 1.54) is 0 Å². The first kappa shape index (κ1) is 14.4. The van der Waals surface area contributed by atoms with Gasteiger partial charge in [0.05, 0.1) is 0 Å². The highest BCUT2D eigenvalue weighted by Gasteiger charge is 1.98. The fraction of sp³-hybridized carbons (Fsp3) is 0.250. The quantitative estimate of drug-likeness (QED) is 0.556. The zero-order chi connectivity index (χ0) is 12.7. The number of hydrogen-bond acceptors (Lipinski definition) is 0. The van der Waals surface area contributed by atoms with E-state index in [-0.39, 0.29) is 0 Å². The highest BCUT2D eigenvalue weighted by Crippen LogP contribution is 2.18. The molecule has 0 bridgehead atoms. The molecule has 0 saturated heterocycles. The zero-order valence-corrected chi connectivity index (χ0v) is 10.9. The maximum atomic E-state index is 3.95. The molecule has 0 aliphatic rings. The van der Waals surface area contributed by atoms with Gasteiger partial charge in [0.25, 0.3) is 0 Å². The lowest BCUT2D eigenvalue weighted by Crippen LogP contribution is -1.86. The number of allylic oxidation sites excluding steroid dienone is 9. The van der Waals surface area contributed by atoms with Gasteiger partial charge < -0.3 is 0 Å². The minimum absolute atomic E-state index is 0.999. The van der Waals surface area contributed by atoms with Crippen LogP contribution in [0.4, 0.5) is 0 Å². The fourth-order valence-electron chi connectivity index (χ4n) is 1.43. The summed E-state index contributed by atoms with van der Waals surface area (Å²) in [6.45, 7) is 19.9. The molecule has 0 nitrogen and oxygen atoms in total. The molecule has 0 unspecified atom stereocenters. The molecule has 0 rings (SSSR count). The Bertz CT molecular complexity index is 368. The summed E-state index contributed by atoms with van der Waals surface area (Å²) in [6, 6.07) is 0. The molecule has 0 aliphatic carbocycles. The molecule has 0 N–H and O–H groups in total. The van der Waals surface area contributed by atoms with E-state index in [0.717, 1.165) is 27.9 Å². The lowest BCUT2D eigenvalue weighted by Gasteiger charge is -2.06. The van der Waals surface area contributed by atoms with Crippen molar-refractivity contribution in [2.75, 3.05) is 0 Å². The van der Waals surface area contributed by atoms with Crippen LogP contribution in [-0.4, -0.2) is 0 Å². The van der Waals surface area contributed by atoms with E-state index in [2.05, 4.69) is 32.7 Å². The first-order valence-electron chi connectivity index (χ1n) is 5.41. The van der Waals surface area contributed by atoms with Crippen molar-refractivity contribution in [2.45, 2.75) is 27.7 Å². The van der Waals surface area contributed by atoms with Crippen LogP contribution in [-0.2, 0) is 0 Å². The smallest absolute Gasteiger partial charge is 0.0207 e. The normalized spacial score (nSPS) is 11.4. The minimum Gasteiger partial charge on any atom is -0.0955 e. The van der Waals surface area contributed by atoms with E-state index in [1.54, 1.807) is 0 Å². The van der Waals surface area contributed by atoms with Crippen molar-refractivity contribution >= 4 is 0 Å². The molecule has 0 fully saturated rings. The van der Waals surface area contributed by atoms with Crippen LogP contribution in [0.15, 0.2) is 71.9 Å². The van der Waals surface area contributed by atoms with Crippen LogP contribution in [0.1, 0.15) is 27.7 Å². The van der Waals surface area contributed by atoms with Gasteiger partial charge in [0.1, 0.15) is 0 Å². The van der Waals surface area contributed by atoms with E-state index >= 15 is 0 Å². The molecule has 0 radical (unpaired) electrons. The van der Waals surface area contributed by atoms with Crippen LogP contribution in [0.5, 0.6) is 0 Å². The molecule has 0 heteroatoms. The molecule has 0 amide bonds. The van der Waals surface area contributed by atoms with Crippen molar-refractivity contribution in [3.05, 3.63) is 71.9 Å². The van der Waals surface area contributed by atoms with E-state index in [4.69, 9.17) is 0 Å². The van der Waals surface area contributed by atoms with Gasteiger partial charge in [-0.25, -0.2) is 0 Å². The van der Waals surface area contributed by atoms with Crippen molar-refractivity contribution in [1.29, 1.82) is 0 Å². The van der Waals surface area contributed by atoms with Crippen molar-refractivity contribution in [3.8, 4) is 0 Å². The van der Waals surface area contributed by atoms with Crippen molar-refractivity contribution < 1.29 is 0 Å². The molecule has 0 aromatic heterocycles. The molecule has 0 atom stereocenters. The lowest BCUT2D eigenvalue weighted by molar-refractivity contribution is 1.32. The predicted octanol–water partition coefficient (Wildman–Crippen LogP) is 5.14. The van der Waals surface area contributed by atoms with Crippen LogP contribution in [0.3, 0.4) is 0 Å². The van der Waals surface area contributed by atoms with Gasteiger partial charge in [0, 0.05) is 0 Å². The summed E-state index contributed by atoms with van der Waals surface area (Å²) >= 11 is 0. The maximum absolute atomic E-state index is 3.95. The van der Waals surface area contributed by atoms with Gasteiger partial charge in [-0.05, 0) is 44.4 Å². The molecule has 0 heterocycles. The molecule has 0 aromatic carbocycles. The Labute approximate surface area is 100 Å². The first-order valence-corrected chi connectivity index (χ1v) is 5.41. The van der Waals surface area contributed by atoms with Crippen LogP contribution in [0.2, 0.25) is 0 Å². The Balaban J connectivity index is 5.06. The van der Waals surface area contributed by atoms with Crippen molar-refractivity contribution in [2.24, 2.45) is 0 Å². The highest BCUT2D eigenvalue weighted by molar-refractivity contribution is 5.47. The third-order valence-electron chi connectivity index (χ3n) is 2.09. The second-order valence-electron chi connectivity index (χ2n) is 4.08. The van der Waals surface area contributed by atoms with E-state index in [9.17, 15) is 0 Å². The molecular weight excluding hydrogens is 192 g/mol. The average Bonchev–Trinajstić information content (AvgIpc) is 2.13. The van der Waals surface area contributed by atoms with Crippen LogP contribution >= 0.6 is 0 Å². The largest absolute Gasteiger partial charge is 0.0955 e. The summed E-state index contributed by atoms with van der Waals surface area (Å²) in [6.07, 6.45) is 8.11. The van der Waals surface area contributed by atoms with Gasteiger partial charge in [-0.1, -0.05) is 55.2 Å². The molecule has 16 heavy (non-hydrogen) atoms. The summed E-state index contributed by atoms with van der Waals surface area (Å²) in [5, 5.41) is 0. The minimum atomic E-state index is 0.999. The number of hydrogen-bond donors (Lipinski definition) is 0. The third kappa shape index (κ3) is 5.35. The van der Waals surface area contributed by atoms with Crippen molar-refractivity contribution in [1.82, 2.24) is 0 Å². The number of rotatable bonds is 5. The molecule has 0 aromatic rings. The third-order valence-corrected chi connectivity index (χ3v) is 2.09. The summed E-state index contributed by atoms with van der Waals surface area (Å²) in [4.78, 5) is 0. The second-order valence-corrected chi connectivity index (χ2v) is 4.08. The SMILES string of the molecule is C=C(C=CC)C=C(C)C=C(C(=C)C)C(=C)C. The summed E-state index contributed by atoms with van der Waals surface area (Å²) in [5.41, 5.74) is 5.35. The molecule has 86 valence electrons. The Kier molecular flexibility index (Phi) is 6.17. The van der Waals surface area contributed by atoms with Gasteiger partial charge in [-0.15, -0.1) is 0 Å². The zero-order valence-electron chi connectivity index (χ0n) is 10.9. The van der Waals surface area contributed by atoms with Gasteiger partial charge in [-0.2, -0.15) is 0 Å². The van der Waals surface area contributed by atoms with Gasteiger partial charge >= 0.3 is 0 Å². The van der Waals surface area contributed by atoms with Crippen LogP contribution in [0.25, 0.3) is 0 Å². The Morgan fingerprint density at radius 1 is 0.875 bits per heavy atom.